The molecule has 20 heavy (non-hydrogen) atoms. The Labute approximate surface area is 123 Å². The van der Waals surface area contributed by atoms with E-state index < -0.39 is 17.3 Å². The third-order valence-corrected chi connectivity index (χ3v) is 3.76. The lowest BCUT2D eigenvalue weighted by molar-refractivity contribution is -0.138. The number of hydrogen-bond donors (Lipinski definition) is 1. The summed E-state index contributed by atoms with van der Waals surface area (Å²) < 4.78 is 40.1. The number of alkyl halides is 3. The van der Waals surface area contributed by atoms with Crippen LogP contribution in [-0.4, -0.2) is 0 Å². The minimum atomic E-state index is -4.42. The highest BCUT2D eigenvalue weighted by Crippen LogP contribution is 2.38. The quantitative estimate of drug-likeness (QED) is 0.840. The summed E-state index contributed by atoms with van der Waals surface area (Å²) in [5, 5.41) is 0. The number of benzene rings is 2. The van der Waals surface area contributed by atoms with Crippen molar-refractivity contribution in [3.8, 4) is 0 Å². The van der Waals surface area contributed by atoms with E-state index in [0.29, 0.717) is 5.56 Å². The van der Waals surface area contributed by atoms with Crippen molar-refractivity contribution in [1.29, 1.82) is 0 Å². The molecule has 1 unspecified atom stereocenters. The SMILES string of the molecule is CC(N)(c1ccc(Br)cc1)c1ccccc1C(F)(F)F. The van der Waals surface area contributed by atoms with Gasteiger partial charge in [0, 0.05) is 4.47 Å². The first-order valence-electron chi connectivity index (χ1n) is 5.94. The average Bonchev–Trinajstić information content (AvgIpc) is 2.38. The predicted molar refractivity (Wildman–Crippen MR) is 76.2 cm³/mol. The first kappa shape index (κ1) is 15.1. The molecule has 0 heterocycles. The van der Waals surface area contributed by atoms with Crippen LogP contribution in [0.1, 0.15) is 23.6 Å². The van der Waals surface area contributed by atoms with Gasteiger partial charge in [0.25, 0.3) is 0 Å². The minimum absolute atomic E-state index is 0.0647. The molecule has 0 aliphatic rings. The van der Waals surface area contributed by atoms with Crippen molar-refractivity contribution in [2.24, 2.45) is 5.73 Å². The number of halogens is 4. The summed E-state index contributed by atoms with van der Waals surface area (Å²) in [6.45, 7) is 1.58. The zero-order valence-electron chi connectivity index (χ0n) is 10.7. The number of hydrogen-bond acceptors (Lipinski definition) is 1. The summed E-state index contributed by atoms with van der Waals surface area (Å²) in [5.41, 5.74) is 4.96. The molecule has 0 saturated heterocycles. The maximum atomic E-state index is 13.1. The highest BCUT2D eigenvalue weighted by molar-refractivity contribution is 9.10. The van der Waals surface area contributed by atoms with E-state index in [0.717, 1.165) is 10.5 Å². The lowest BCUT2D eigenvalue weighted by Gasteiger charge is -2.29. The topological polar surface area (TPSA) is 26.0 Å². The lowest BCUT2D eigenvalue weighted by Crippen LogP contribution is -2.36. The van der Waals surface area contributed by atoms with Gasteiger partial charge in [-0.25, -0.2) is 0 Å². The minimum Gasteiger partial charge on any atom is -0.318 e. The van der Waals surface area contributed by atoms with Crippen molar-refractivity contribution in [2.45, 2.75) is 18.6 Å². The van der Waals surface area contributed by atoms with Crippen LogP contribution < -0.4 is 5.73 Å². The summed E-state index contributed by atoms with van der Waals surface area (Å²) in [6, 6.07) is 12.4. The molecule has 2 N–H and O–H groups in total. The van der Waals surface area contributed by atoms with E-state index in [-0.39, 0.29) is 5.56 Å². The van der Waals surface area contributed by atoms with Gasteiger partial charge in [-0.1, -0.05) is 46.3 Å². The molecule has 1 atom stereocenters. The van der Waals surface area contributed by atoms with Gasteiger partial charge in [-0.15, -0.1) is 0 Å². The molecule has 2 aromatic carbocycles. The van der Waals surface area contributed by atoms with Crippen LogP contribution in [0.25, 0.3) is 0 Å². The van der Waals surface area contributed by atoms with E-state index in [4.69, 9.17) is 5.73 Å². The molecule has 5 heteroatoms. The van der Waals surface area contributed by atoms with Gasteiger partial charge >= 0.3 is 6.18 Å². The van der Waals surface area contributed by atoms with Crippen LogP contribution in [0.2, 0.25) is 0 Å². The van der Waals surface area contributed by atoms with Gasteiger partial charge in [0.1, 0.15) is 0 Å². The Morgan fingerprint density at radius 2 is 1.40 bits per heavy atom. The molecule has 1 nitrogen and oxygen atoms in total. The second-order valence-corrected chi connectivity index (χ2v) is 5.67. The third-order valence-electron chi connectivity index (χ3n) is 3.24. The number of rotatable bonds is 2. The highest BCUT2D eigenvalue weighted by Gasteiger charge is 2.38. The monoisotopic (exact) mass is 343 g/mol. The second-order valence-electron chi connectivity index (χ2n) is 4.75. The zero-order valence-corrected chi connectivity index (χ0v) is 12.3. The van der Waals surface area contributed by atoms with Crippen LogP contribution in [0, 0.1) is 0 Å². The molecular formula is C15H13BrF3N. The molecule has 0 aliphatic heterocycles. The Morgan fingerprint density at radius 3 is 1.90 bits per heavy atom. The Bertz CT molecular complexity index is 603. The van der Waals surface area contributed by atoms with Crippen molar-refractivity contribution in [3.05, 3.63) is 69.7 Å². The van der Waals surface area contributed by atoms with Crippen molar-refractivity contribution in [2.75, 3.05) is 0 Å². The summed E-state index contributed by atoms with van der Waals surface area (Å²) in [7, 11) is 0. The summed E-state index contributed by atoms with van der Waals surface area (Å²) >= 11 is 3.29. The van der Waals surface area contributed by atoms with Crippen molar-refractivity contribution in [1.82, 2.24) is 0 Å². The standard InChI is InChI=1S/C15H13BrF3N/c1-14(20,10-6-8-11(16)9-7-10)12-4-2-3-5-13(12)15(17,18)19/h2-9H,20H2,1H3. The third kappa shape index (κ3) is 2.88. The van der Waals surface area contributed by atoms with E-state index in [9.17, 15) is 13.2 Å². The van der Waals surface area contributed by atoms with Crippen molar-refractivity contribution >= 4 is 15.9 Å². The smallest absolute Gasteiger partial charge is 0.318 e. The molecule has 0 spiro atoms. The largest absolute Gasteiger partial charge is 0.416 e. The van der Waals surface area contributed by atoms with Crippen LogP contribution >= 0.6 is 15.9 Å². The van der Waals surface area contributed by atoms with Crippen molar-refractivity contribution in [3.63, 3.8) is 0 Å². The van der Waals surface area contributed by atoms with Crippen LogP contribution in [0.15, 0.2) is 53.0 Å². The van der Waals surface area contributed by atoms with E-state index in [1.165, 1.54) is 12.1 Å². The Balaban J connectivity index is 2.57. The highest BCUT2D eigenvalue weighted by atomic mass is 79.9. The normalized spacial score (nSPS) is 14.9. The lowest BCUT2D eigenvalue weighted by atomic mass is 9.83. The average molecular weight is 344 g/mol. The molecule has 106 valence electrons. The summed E-state index contributed by atoms with van der Waals surface area (Å²) in [4.78, 5) is 0. The first-order valence-corrected chi connectivity index (χ1v) is 6.74. The van der Waals surface area contributed by atoms with Crippen LogP contribution in [0.5, 0.6) is 0 Å². The van der Waals surface area contributed by atoms with Gasteiger partial charge in [0.05, 0.1) is 11.1 Å². The van der Waals surface area contributed by atoms with Crippen molar-refractivity contribution < 1.29 is 13.2 Å². The first-order chi connectivity index (χ1) is 9.23. The zero-order chi connectivity index (χ0) is 15.0. The van der Waals surface area contributed by atoms with E-state index >= 15 is 0 Å². The second kappa shape index (κ2) is 5.22. The van der Waals surface area contributed by atoms with Gasteiger partial charge in [-0.3, -0.25) is 0 Å². The fourth-order valence-electron chi connectivity index (χ4n) is 2.13. The molecule has 2 aromatic rings. The van der Waals surface area contributed by atoms with Crippen LogP contribution in [0.3, 0.4) is 0 Å². The van der Waals surface area contributed by atoms with Gasteiger partial charge < -0.3 is 5.73 Å². The molecule has 0 aliphatic carbocycles. The maximum Gasteiger partial charge on any atom is 0.416 e. The maximum absolute atomic E-state index is 13.1. The van der Waals surface area contributed by atoms with Gasteiger partial charge in [-0.05, 0) is 36.2 Å². The summed E-state index contributed by atoms with van der Waals surface area (Å²) in [6.07, 6.45) is -4.42. The Hall–Kier alpha value is -1.33. The molecule has 0 radical (unpaired) electrons. The molecule has 2 rings (SSSR count). The fraction of sp³-hybridized carbons (Fsp3) is 0.200. The Morgan fingerprint density at radius 1 is 0.900 bits per heavy atom. The van der Waals surface area contributed by atoms with Crippen LogP contribution in [-0.2, 0) is 11.7 Å². The molecule has 0 saturated carbocycles. The molecule has 0 bridgehead atoms. The summed E-state index contributed by atoms with van der Waals surface area (Å²) in [5.74, 6) is 0. The van der Waals surface area contributed by atoms with E-state index in [2.05, 4.69) is 15.9 Å². The molecular weight excluding hydrogens is 331 g/mol. The van der Waals surface area contributed by atoms with Gasteiger partial charge in [0.2, 0.25) is 0 Å². The van der Waals surface area contributed by atoms with Gasteiger partial charge in [-0.2, -0.15) is 13.2 Å². The Kier molecular flexibility index (Phi) is 3.93. The molecule has 0 aromatic heterocycles. The predicted octanol–water partition coefficient (Wildman–Crippen LogP) is 4.69. The van der Waals surface area contributed by atoms with Gasteiger partial charge in [0.15, 0.2) is 0 Å². The molecule has 0 fully saturated rings. The van der Waals surface area contributed by atoms with E-state index in [1.54, 1.807) is 37.3 Å². The number of nitrogens with two attached hydrogens (primary N) is 1. The van der Waals surface area contributed by atoms with Crippen LogP contribution in [0.4, 0.5) is 13.2 Å². The van der Waals surface area contributed by atoms with E-state index in [1.807, 2.05) is 0 Å². The molecule has 0 amide bonds. The fourth-order valence-corrected chi connectivity index (χ4v) is 2.40.